The van der Waals surface area contributed by atoms with Crippen molar-refractivity contribution in [2.24, 2.45) is 5.92 Å². The maximum atomic E-state index is 13.2. The van der Waals surface area contributed by atoms with E-state index in [4.69, 9.17) is 9.47 Å². The molecule has 4 rings (SSSR count). The Labute approximate surface area is 194 Å². The first-order valence-corrected chi connectivity index (χ1v) is 12.8. The van der Waals surface area contributed by atoms with E-state index < -0.39 is 10.0 Å². The SMILES string of the molecule is CCOC(=O)[C@H]1CCCN(c2ccc(-c3ccc(C)c(S(=O)(=O)N4CCOCC4)c3)nn2)C1. The van der Waals surface area contributed by atoms with Gasteiger partial charge in [-0.2, -0.15) is 4.31 Å². The van der Waals surface area contributed by atoms with E-state index in [1.807, 2.05) is 30.0 Å². The number of morpholine rings is 1. The minimum Gasteiger partial charge on any atom is -0.466 e. The van der Waals surface area contributed by atoms with E-state index >= 15 is 0 Å². The van der Waals surface area contributed by atoms with Crippen molar-refractivity contribution in [1.29, 1.82) is 0 Å². The average Bonchev–Trinajstić information content (AvgIpc) is 2.85. The molecule has 0 amide bonds. The molecule has 10 heteroatoms. The summed E-state index contributed by atoms with van der Waals surface area (Å²) in [7, 11) is -3.61. The molecule has 2 fully saturated rings. The first-order chi connectivity index (χ1) is 15.9. The Hall–Kier alpha value is -2.56. The number of aryl methyl sites for hydroxylation is 1. The molecule has 2 aliphatic heterocycles. The molecule has 0 N–H and O–H groups in total. The summed E-state index contributed by atoms with van der Waals surface area (Å²) in [6.45, 7) is 6.84. The first kappa shape index (κ1) is 23.6. The third-order valence-electron chi connectivity index (χ3n) is 6.09. The van der Waals surface area contributed by atoms with Gasteiger partial charge in [0, 0.05) is 31.7 Å². The van der Waals surface area contributed by atoms with Crippen LogP contribution in [0.4, 0.5) is 5.82 Å². The highest BCUT2D eigenvalue weighted by atomic mass is 32.2. The number of carbonyl (C=O) groups excluding carboxylic acids is 1. The van der Waals surface area contributed by atoms with Gasteiger partial charge in [0.05, 0.1) is 36.3 Å². The van der Waals surface area contributed by atoms with Gasteiger partial charge in [0.15, 0.2) is 5.82 Å². The van der Waals surface area contributed by atoms with E-state index in [9.17, 15) is 13.2 Å². The van der Waals surface area contributed by atoms with Crippen LogP contribution in [0.5, 0.6) is 0 Å². The Morgan fingerprint density at radius 3 is 2.64 bits per heavy atom. The smallest absolute Gasteiger partial charge is 0.310 e. The molecule has 1 aromatic carbocycles. The molecular weight excluding hydrogens is 444 g/mol. The van der Waals surface area contributed by atoms with Crippen LogP contribution < -0.4 is 4.90 Å². The second-order valence-electron chi connectivity index (χ2n) is 8.31. The van der Waals surface area contributed by atoms with E-state index in [0.29, 0.717) is 62.1 Å². The van der Waals surface area contributed by atoms with Crippen LogP contribution in [-0.4, -0.2) is 74.9 Å². The van der Waals surface area contributed by atoms with Crippen molar-refractivity contribution in [3.8, 4) is 11.3 Å². The van der Waals surface area contributed by atoms with Crippen LogP contribution in [0.15, 0.2) is 35.2 Å². The number of carbonyl (C=O) groups is 1. The monoisotopic (exact) mass is 474 g/mol. The largest absolute Gasteiger partial charge is 0.466 e. The standard InChI is InChI=1S/C23H30N4O5S/c1-3-32-23(28)19-5-4-10-26(16-19)22-9-8-20(24-25-22)18-7-6-17(2)21(15-18)33(29,30)27-11-13-31-14-12-27/h6-9,15,19H,3-5,10-14,16H2,1-2H3/t19-/m0/s1. The topological polar surface area (TPSA) is 102 Å². The zero-order valence-corrected chi connectivity index (χ0v) is 19.9. The number of anilines is 1. The summed E-state index contributed by atoms with van der Waals surface area (Å²) in [5.41, 5.74) is 1.97. The molecule has 0 radical (unpaired) electrons. The van der Waals surface area contributed by atoms with Crippen LogP contribution >= 0.6 is 0 Å². The van der Waals surface area contributed by atoms with Crippen LogP contribution in [0, 0.1) is 12.8 Å². The molecule has 0 bridgehead atoms. The molecular formula is C23H30N4O5S. The van der Waals surface area contributed by atoms with Crippen molar-refractivity contribution in [2.75, 3.05) is 50.9 Å². The highest BCUT2D eigenvalue weighted by Crippen LogP contribution is 2.28. The minimum absolute atomic E-state index is 0.162. The van der Waals surface area contributed by atoms with Gasteiger partial charge in [0.1, 0.15) is 0 Å². The van der Waals surface area contributed by atoms with E-state index in [1.165, 1.54) is 4.31 Å². The van der Waals surface area contributed by atoms with Crippen molar-refractivity contribution >= 4 is 21.8 Å². The Balaban J connectivity index is 1.53. The summed E-state index contributed by atoms with van der Waals surface area (Å²) in [5, 5.41) is 8.73. The van der Waals surface area contributed by atoms with Crippen molar-refractivity contribution in [2.45, 2.75) is 31.6 Å². The number of hydrogen-bond acceptors (Lipinski definition) is 8. The second kappa shape index (κ2) is 10.1. The number of benzene rings is 1. The maximum absolute atomic E-state index is 13.2. The Kier molecular flexibility index (Phi) is 7.26. The molecule has 1 aromatic heterocycles. The normalized spacial score (nSPS) is 19.9. The number of sulfonamides is 1. The van der Waals surface area contributed by atoms with Crippen LogP contribution in [0.25, 0.3) is 11.3 Å². The van der Waals surface area contributed by atoms with Gasteiger partial charge in [-0.05, 0) is 50.5 Å². The number of piperidine rings is 1. The second-order valence-corrected chi connectivity index (χ2v) is 10.2. The molecule has 1 atom stereocenters. The predicted octanol–water partition coefficient (Wildman–Crippen LogP) is 2.25. The molecule has 2 aromatic rings. The van der Waals surface area contributed by atoms with Crippen LogP contribution in [0.3, 0.4) is 0 Å². The Morgan fingerprint density at radius 1 is 1.15 bits per heavy atom. The van der Waals surface area contributed by atoms with E-state index in [2.05, 4.69) is 10.2 Å². The molecule has 0 spiro atoms. The summed E-state index contributed by atoms with van der Waals surface area (Å²) in [6, 6.07) is 9.03. The summed E-state index contributed by atoms with van der Waals surface area (Å²) in [4.78, 5) is 14.5. The van der Waals surface area contributed by atoms with E-state index in [-0.39, 0.29) is 16.8 Å². The van der Waals surface area contributed by atoms with E-state index in [1.54, 1.807) is 19.1 Å². The predicted molar refractivity (Wildman–Crippen MR) is 123 cm³/mol. The highest BCUT2D eigenvalue weighted by molar-refractivity contribution is 7.89. The molecule has 0 aliphatic carbocycles. The summed E-state index contributed by atoms with van der Waals surface area (Å²) in [6.07, 6.45) is 1.69. The third-order valence-corrected chi connectivity index (χ3v) is 8.13. The van der Waals surface area contributed by atoms with Gasteiger partial charge < -0.3 is 14.4 Å². The van der Waals surface area contributed by atoms with Crippen LogP contribution in [-0.2, 0) is 24.3 Å². The minimum atomic E-state index is -3.61. The van der Waals surface area contributed by atoms with Gasteiger partial charge in [-0.25, -0.2) is 8.42 Å². The van der Waals surface area contributed by atoms with Crippen molar-refractivity contribution in [1.82, 2.24) is 14.5 Å². The lowest BCUT2D eigenvalue weighted by Crippen LogP contribution is -2.40. The number of ether oxygens (including phenoxy) is 2. The van der Waals surface area contributed by atoms with Crippen LogP contribution in [0.2, 0.25) is 0 Å². The highest BCUT2D eigenvalue weighted by Gasteiger charge is 2.29. The fourth-order valence-electron chi connectivity index (χ4n) is 4.25. The molecule has 178 valence electrons. The van der Waals surface area contributed by atoms with Gasteiger partial charge in [0.25, 0.3) is 0 Å². The zero-order chi connectivity index (χ0) is 23.4. The van der Waals surface area contributed by atoms with Gasteiger partial charge >= 0.3 is 5.97 Å². The summed E-state index contributed by atoms with van der Waals surface area (Å²) in [5.74, 6) is 0.367. The lowest BCUT2D eigenvalue weighted by atomic mass is 9.98. The summed E-state index contributed by atoms with van der Waals surface area (Å²) >= 11 is 0. The number of hydrogen-bond donors (Lipinski definition) is 0. The van der Waals surface area contributed by atoms with Gasteiger partial charge in [-0.3, -0.25) is 4.79 Å². The van der Waals surface area contributed by atoms with Crippen molar-refractivity contribution in [3.63, 3.8) is 0 Å². The Bertz CT molecular complexity index is 1080. The lowest BCUT2D eigenvalue weighted by molar-refractivity contribution is -0.148. The maximum Gasteiger partial charge on any atom is 0.310 e. The number of aromatic nitrogens is 2. The van der Waals surface area contributed by atoms with Gasteiger partial charge in [0.2, 0.25) is 10.0 Å². The van der Waals surface area contributed by atoms with Crippen LogP contribution in [0.1, 0.15) is 25.3 Å². The average molecular weight is 475 g/mol. The van der Waals surface area contributed by atoms with Gasteiger partial charge in [-0.1, -0.05) is 12.1 Å². The fourth-order valence-corrected chi connectivity index (χ4v) is 5.91. The zero-order valence-electron chi connectivity index (χ0n) is 19.1. The Morgan fingerprint density at radius 2 is 1.94 bits per heavy atom. The van der Waals surface area contributed by atoms with Crippen molar-refractivity contribution in [3.05, 3.63) is 35.9 Å². The van der Waals surface area contributed by atoms with Gasteiger partial charge in [-0.15, -0.1) is 10.2 Å². The first-order valence-electron chi connectivity index (χ1n) is 11.3. The summed E-state index contributed by atoms with van der Waals surface area (Å²) < 4.78 is 38.3. The fraction of sp³-hybridized carbons (Fsp3) is 0.522. The number of nitrogens with zero attached hydrogens (tertiary/aromatic N) is 4. The quantitative estimate of drug-likeness (QED) is 0.588. The lowest BCUT2D eigenvalue weighted by Gasteiger charge is -2.32. The molecule has 33 heavy (non-hydrogen) atoms. The number of esters is 1. The molecule has 3 heterocycles. The molecule has 0 saturated carbocycles. The molecule has 2 saturated heterocycles. The molecule has 0 unspecified atom stereocenters. The van der Waals surface area contributed by atoms with Crippen molar-refractivity contribution < 1.29 is 22.7 Å². The molecule has 2 aliphatic rings. The third kappa shape index (κ3) is 5.18. The van der Waals surface area contributed by atoms with E-state index in [0.717, 1.165) is 19.4 Å². The molecule has 9 nitrogen and oxygen atoms in total. The number of rotatable bonds is 6.